The molecular weight excluding hydrogens is 392 g/mol. The zero-order valence-corrected chi connectivity index (χ0v) is 21.7. The van der Waals surface area contributed by atoms with E-state index in [0.29, 0.717) is 51.5 Å². The van der Waals surface area contributed by atoms with E-state index in [1.165, 1.54) is 0 Å². The second-order valence-corrected chi connectivity index (χ2v) is 12.4. The normalized spacial score (nSPS) is 15.0. The highest BCUT2D eigenvalue weighted by Crippen LogP contribution is 2.29. The fourth-order valence-corrected chi connectivity index (χ4v) is 9.51. The van der Waals surface area contributed by atoms with E-state index in [1.54, 1.807) is 0 Å². The van der Waals surface area contributed by atoms with Crippen molar-refractivity contribution < 1.29 is 26.6 Å². The Morgan fingerprint density at radius 3 is 0.857 bits per heavy atom. The van der Waals surface area contributed by atoms with Gasteiger partial charge in [0.15, 0.2) is 0 Å². The predicted molar refractivity (Wildman–Crippen MR) is 118 cm³/mol. The SMILES string of the molecule is CCO[Si](CC(C)CCC(C)C[Si](OCC)(OCC)OCC)(OCC)OCC. The molecule has 170 valence electrons. The molecule has 8 heteroatoms. The minimum absolute atomic E-state index is 0.473. The third kappa shape index (κ3) is 10.8. The number of hydrogen-bond acceptors (Lipinski definition) is 6. The summed E-state index contributed by atoms with van der Waals surface area (Å²) in [5.41, 5.74) is 0. The van der Waals surface area contributed by atoms with Crippen LogP contribution in [-0.2, 0) is 26.6 Å². The molecular formula is C20H46O6Si2. The van der Waals surface area contributed by atoms with Crippen LogP contribution in [0.1, 0.15) is 68.2 Å². The van der Waals surface area contributed by atoms with Crippen LogP contribution in [0, 0.1) is 11.8 Å². The molecule has 0 N–H and O–H groups in total. The maximum absolute atomic E-state index is 6.01. The lowest BCUT2D eigenvalue weighted by molar-refractivity contribution is 0.0642. The van der Waals surface area contributed by atoms with Crippen molar-refractivity contribution in [3.05, 3.63) is 0 Å². The van der Waals surface area contributed by atoms with E-state index in [0.717, 1.165) is 24.9 Å². The van der Waals surface area contributed by atoms with Crippen molar-refractivity contribution >= 4 is 17.6 Å². The van der Waals surface area contributed by atoms with Crippen LogP contribution in [0.5, 0.6) is 0 Å². The maximum atomic E-state index is 6.01. The fraction of sp³-hybridized carbons (Fsp3) is 1.00. The van der Waals surface area contributed by atoms with Crippen LogP contribution in [-0.4, -0.2) is 57.3 Å². The molecule has 0 aliphatic carbocycles. The molecule has 0 spiro atoms. The summed E-state index contributed by atoms with van der Waals surface area (Å²) in [6.45, 7) is 20.3. The third-order valence-electron chi connectivity index (χ3n) is 4.53. The minimum Gasteiger partial charge on any atom is -0.374 e. The molecule has 0 aliphatic rings. The Hall–Kier alpha value is 0.194. The zero-order chi connectivity index (χ0) is 21.5. The summed E-state index contributed by atoms with van der Waals surface area (Å²) in [5, 5.41) is 0. The van der Waals surface area contributed by atoms with Gasteiger partial charge in [-0.25, -0.2) is 0 Å². The summed E-state index contributed by atoms with van der Waals surface area (Å²) in [6, 6.07) is 1.72. The first-order valence-corrected chi connectivity index (χ1v) is 15.1. The smallest absolute Gasteiger partial charge is 0.374 e. The van der Waals surface area contributed by atoms with Crippen molar-refractivity contribution in [1.29, 1.82) is 0 Å². The topological polar surface area (TPSA) is 55.4 Å². The molecule has 28 heavy (non-hydrogen) atoms. The van der Waals surface area contributed by atoms with E-state index in [1.807, 2.05) is 41.5 Å². The van der Waals surface area contributed by atoms with Gasteiger partial charge >= 0.3 is 17.6 Å². The van der Waals surface area contributed by atoms with E-state index < -0.39 is 17.6 Å². The summed E-state index contributed by atoms with van der Waals surface area (Å²) in [5.74, 6) is 0.947. The highest BCUT2D eigenvalue weighted by Gasteiger charge is 2.43. The Balaban J connectivity index is 4.81. The van der Waals surface area contributed by atoms with Crippen molar-refractivity contribution in [3.63, 3.8) is 0 Å². The third-order valence-corrected chi connectivity index (χ3v) is 11.3. The molecule has 0 rings (SSSR count). The number of hydrogen-bond donors (Lipinski definition) is 0. The Kier molecular flexibility index (Phi) is 16.1. The van der Waals surface area contributed by atoms with Crippen LogP contribution in [0.15, 0.2) is 0 Å². The van der Waals surface area contributed by atoms with E-state index in [4.69, 9.17) is 26.6 Å². The average molecular weight is 439 g/mol. The van der Waals surface area contributed by atoms with Crippen molar-refractivity contribution in [2.75, 3.05) is 39.6 Å². The Bertz CT molecular complexity index is 305. The molecule has 0 saturated heterocycles. The molecule has 2 unspecified atom stereocenters. The van der Waals surface area contributed by atoms with Gasteiger partial charge in [0.05, 0.1) is 0 Å². The molecule has 0 fully saturated rings. The van der Waals surface area contributed by atoms with Gasteiger partial charge in [0.2, 0.25) is 0 Å². The monoisotopic (exact) mass is 438 g/mol. The summed E-state index contributed by atoms with van der Waals surface area (Å²) in [7, 11) is -5.16. The first-order valence-electron chi connectivity index (χ1n) is 11.2. The average Bonchev–Trinajstić information content (AvgIpc) is 2.61. The van der Waals surface area contributed by atoms with Gasteiger partial charge in [0.25, 0.3) is 0 Å². The van der Waals surface area contributed by atoms with Crippen LogP contribution in [0.4, 0.5) is 0 Å². The van der Waals surface area contributed by atoms with Gasteiger partial charge in [-0.1, -0.05) is 26.7 Å². The van der Waals surface area contributed by atoms with E-state index in [2.05, 4.69) is 13.8 Å². The summed E-state index contributed by atoms with van der Waals surface area (Å²) >= 11 is 0. The molecule has 0 amide bonds. The van der Waals surface area contributed by atoms with Crippen molar-refractivity contribution in [3.8, 4) is 0 Å². The van der Waals surface area contributed by atoms with Crippen molar-refractivity contribution in [2.45, 2.75) is 80.3 Å². The molecule has 0 aliphatic heterocycles. The zero-order valence-electron chi connectivity index (χ0n) is 19.7. The number of rotatable bonds is 19. The molecule has 0 aromatic heterocycles. The molecule has 2 atom stereocenters. The molecule has 0 bridgehead atoms. The Morgan fingerprint density at radius 2 is 0.679 bits per heavy atom. The molecule has 0 heterocycles. The van der Waals surface area contributed by atoms with Gasteiger partial charge in [-0.05, 0) is 53.4 Å². The van der Waals surface area contributed by atoms with Crippen LogP contribution < -0.4 is 0 Å². The molecule has 0 radical (unpaired) electrons. The highest BCUT2D eigenvalue weighted by atomic mass is 28.4. The summed E-state index contributed by atoms with van der Waals surface area (Å²) in [6.07, 6.45) is 2.19. The van der Waals surface area contributed by atoms with Gasteiger partial charge in [0, 0.05) is 51.7 Å². The highest BCUT2D eigenvalue weighted by molar-refractivity contribution is 6.61. The van der Waals surface area contributed by atoms with Crippen LogP contribution >= 0.6 is 0 Å². The van der Waals surface area contributed by atoms with Crippen LogP contribution in [0.3, 0.4) is 0 Å². The van der Waals surface area contributed by atoms with Gasteiger partial charge < -0.3 is 26.6 Å². The summed E-state index contributed by atoms with van der Waals surface area (Å²) in [4.78, 5) is 0. The molecule has 0 saturated carbocycles. The maximum Gasteiger partial charge on any atom is 0.501 e. The van der Waals surface area contributed by atoms with E-state index in [9.17, 15) is 0 Å². The molecule has 0 aromatic rings. The second kappa shape index (κ2) is 16.0. The van der Waals surface area contributed by atoms with Gasteiger partial charge in [-0.2, -0.15) is 0 Å². The van der Waals surface area contributed by atoms with Crippen LogP contribution in [0.25, 0.3) is 0 Å². The molecule has 0 aromatic carbocycles. The lowest BCUT2D eigenvalue weighted by Gasteiger charge is -2.32. The second-order valence-electron chi connectivity index (χ2n) is 7.16. The van der Waals surface area contributed by atoms with Crippen molar-refractivity contribution in [2.24, 2.45) is 11.8 Å². The predicted octanol–water partition coefficient (Wildman–Crippen LogP) is 5.14. The Labute approximate surface area is 176 Å². The fourth-order valence-electron chi connectivity index (χ4n) is 3.55. The lowest BCUT2D eigenvalue weighted by Crippen LogP contribution is -2.47. The first kappa shape index (κ1) is 28.2. The quantitative estimate of drug-likeness (QED) is 0.260. The Morgan fingerprint density at radius 1 is 0.464 bits per heavy atom. The first-order chi connectivity index (χ1) is 13.4. The van der Waals surface area contributed by atoms with Gasteiger partial charge in [-0.3, -0.25) is 0 Å². The lowest BCUT2D eigenvalue weighted by atomic mass is 10.0. The summed E-state index contributed by atoms with van der Waals surface area (Å²) < 4.78 is 36.0. The van der Waals surface area contributed by atoms with Crippen molar-refractivity contribution in [1.82, 2.24) is 0 Å². The van der Waals surface area contributed by atoms with Gasteiger partial charge in [-0.15, -0.1) is 0 Å². The minimum atomic E-state index is -2.58. The largest absolute Gasteiger partial charge is 0.501 e. The van der Waals surface area contributed by atoms with E-state index in [-0.39, 0.29) is 0 Å². The van der Waals surface area contributed by atoms with Gasteiger partial charge in [0.1, 0.15) is 0 Å². The molecule has 6 nitrogen and oxygen atoms in total. The van der Waals surface area contributed by atoms with E-state index >= 15 is 0 Å². The van der Waals surface area contributed by atoms with Crippen LogP contribution in [0.2, 0.25) is 12.1 Å². The standard InChI is InChI=1S/C20H46O6Si2/c1-9-21-27(22-10-2,23-11-3)17-19(7)15-16-20(8)18-28(24-12-4,25-13-5)26-14-6/h19-20H,9-18H2,1-8H3.